The topological polar surface area (TPSA) is 105 Å². The second kappa shape index (κ2) is 9.87. The molecule has 2 aliphatic rings. The van der Waals surface area contributed by atoms with Crippen LogP contribution < -0.4 is 10.6 Å². The highest BCUT2D eigenvalue weighted by atomic mass is 16.5. The lowest BCUT2D eigenvalue weighted by atomic mass is 9.89. The first-order valence-corrected chi connectivity index (χ1v) is 11.8. The fourth-order valence-corrected chi connectivity index (χ4v) is 4.62. The van der Waals surface area contributed by atoms with E-state index < -0.39 is 23.5 Å². The summed E-state index contributed by atoms with van der Waals surface area (Å²) in [5.74, 6) is -0.855. The molecule has 1 fully saturated rings. The van der Waals surface area contributed by atoms with Gasteiger partial charge in [-0.1, -0.05) is 75.2 Å². The summed E-state index contributed by atoms with van der Waals surface area (Å²) >= 11 is 0. The first-order chi connectivity index (χ1) is 16.2. The monoisotopic (exact) mass is 464 g/mol. The minimum Gasteiger partial charge on any atom is -0.481 e. The second-order valence-electron chi connectivity index (χ2n) is 10.2. The van der Waals surface area contributed by atoms with Gasteiger partial charge in [-0.15, -0.1) is 0 Å². The molecule has 0 bridgehead atoms. The van der Waals surface area contributed by atoms with Crippen LogP contribution in [-0.2, 0) is 14.3 Å². The molecular weight excluding hydrogens is 432 g/mol. The molecule has 0 aliphatic heterocycles. The van der Waals surface area contributed by atoms with Crippen molar-refractivity contribution in [3.63, 3.8) is 0 Å². The number of fused-ring (bicyclic) bond motifs is 3. The van der Waals surface area contributed by atoms with Crippen molar-refractivity contribution < 1.29 is 24.2 Å². The van der Waals surface area contributed by atoms with Crippen LogP contribution in [0.1, 0.15) is 56.6 Å². The molecule has 1 unspecified atom stereocenters. The first kappa shape index (κ1) is 23.8. The van der Waals surface area contributed by atoms with Crippen molar-refractivity contribution in [3.8, 4) is 11.1 Å². The molecule has 0 aromatic heterocycles. The van der Waals surface area contributed by atoms with Crippen molar-refractivity contribution in [2.45, 2.75) is 51.5 Å². The van der Waals surface area contributed by atoms with E-state index in [2.05, 4.69) is 34.9 Å². The van der Waals surface area contributed by atoms with Gasteiger partial charge < -0.3 is 20.5 Å². The molecule has 3 N–H and O–H groups in total. The molecule has 0 heterocycles. The van der Waals surface area contributed by atoms with Gasteiger partial charge >= 0.3 is 12.1 Å². The normalized spacial score (nSPS) is 15.7. The maximum atomic E-state index is 12.8. The number of hydrogen-bond acceptors (Lipinski definition) is 4. The summed E-state index contributed by atoms with van der Waals surface area (Å²) in [5, 5.41) is 14.6. The van der Waals surface area contributed by atoms with E-state index in [1.807, 2.05) is 24.3 Å². The SMILES string of the molecule is CC(C)(CNC(=O)C(CC1CC1)NC(=O)OCC1c2ccccc2-c2ccccc21)CC(=O)O. The van der Waals surface area contributed by atoms with Gasteiger partial charge in [0.1, 0.15) is 12.6 Å². The van der Waals surface area contributed by atoms with E-state index in [-0.39, 0.29) is 31.4 Å². The number of alkyl carbamates (subject to hydrolysis) is 1. The van der Waals surface area contributed by atoms with Crippen LogP contribution in [0.2, 0.25) is 0 Å². The highest BCUT2D eigenvalue weighted by molar-refractivity contribution is 5.86. The Morgan fingerprint density at radius 3 is 2.18 bits per heavy atom. The highest BCUT2D eigenvalue weighted by Gasteiger charge is 2.33. The molecule has 2 aliphatic carbocycles. The summed E-state index contributed by atoms with van der Waals surface area (Å²) in [7, 11) is 0. The number of amides is 2. The fraction of sp³-hybridized carbons (Fsp3) is 0.444. The predicted octanol–water partition coefficient (Wildman–Crippen LogP) is 4.31. The molecule has 2 amide bonds. The van der Waals surface area contributed by atoms with Crippen LogP contribution in [0.5, 0.6) is 0 Å². The van der Waals surface area contributed by atoms with E-state index in [9.17, 15) is 14.4 Å². The number of ether oxygens (including phenoxy) is 1. The van der Waals surface area contributed by atoms with Crippen LogP contribution >= 0.6 is 0 Å². The Kier molecular flexibility index (Phi) is 6.91. The van der Waals surface area contributed by atoms with E-state index >= 15 is 0 Å². The second-order valence-corrected chi connectivity index (χ2v) is 10.2. The molecule has 0 spiro atoms. The van der Waals surface area contributed by atoms with Crippen molar-refractivity contribution in [2.75, 3.05) is 13.2 Å². The third-order valence-corrected chi connectivity index (χ3v) is 6.59. The molecule has 7 heteroatoms. The molecule has 0 saturated heterocycles. The van der Waals surface area contributed by atoms with Crippen molar-refractivity contribution in [1.82, 2.24) is 10.6 Å². The zero-order valence-electron chi connectivity index (χ0n) is 19.7. The number of carboxylic acid groups (broad SMARTS) is 1. The zero-order chi connectivity index (χ0) is 24.3. The number of hydrogen-bond donors (Lipinski definition) is 3. The van der Waals surface area contributed by atoms with Gasteiger partial charge in [0.25, 0.3) is 0 Å². The van der Waals surface area contributed by atoms with E-state index in [1.165, 1.54) is 0 Å². The number of aliphatic carboxylic acids is 1. The smallest absolute Gasteiger partial charge is 0.407 e. The Balaban J connectivity index is 1.36. The average Bonchev–Trinajstić information content (AvgIpc) is 3.55. The largest absolute Gasteiger partial charge is 0.481 e. The Hall–Kier alpha value is -3.35. The van der Waals surface area contributed by atoms with Gasteiger partial charge in [0.05, 0.1) is 6.42 Å². The van der Waals surface area contributed by atoms with Crippen LogP contribution in [-0.4, -0.2) is 42.3 Å². The Labute approximate surface area is 199 Å². The Morgan fingerprint density at radius 1 is 1.03 bits per heavy atom. The number of carbonyl (C=O) groups excluding carboxylic acids is 2. The van der Waals surface area contributed by atoms with Gasteiger partial charge in [0.15, 0.2) is 0 Å². The minimum absolute atomic E-state index is 0.0503. The predicted molar refractivity (Wildman–Crippen MR) is 128 cm³/mol. The maximum absolute atomic E-state index is 12.8. The Morgan fingerprint density at radius 2 is 1.62 bits per heavy atom. The van der Waals surface area contributed by atoms with Crippen molar-refractivity contribution in [2.24, 2.45) is 11.3 Å². The van der Waals surface area contributed by atoms with E-state index in [1.54, 1.807) is 13.8 Å². The minimum atomic E-state index is -0.912. The van der Waals surface area contributed by atoms with Gasteiger partial charge in [0.2, 0.25) is 5.91 Å². The Bertz CT molecular complexity index is 1030. The van der Waals surface area contributed by atoms with E-state index in [4.69, 9.17) is 9.84 Å². The standard InChI is InChI=1S/C27H32N2O5/c1-27(2,14-24(30)31)16-28-25(32)23(13-17-11-12-17)29-26(33)34-15-22-20-9-5-3-7-18(20)19-8-4-6-10-21(19)22/h3-10,17,22-23H,11-16H2,1-2H3,(H,28,32)(H,29,33)(H,30,31). The van der Waals surface area contributed by atoms with Crippen molar-refractivity contribution >= 4 is 18.0 Å². The third-order valence-electron chi connectivity index (χ3n) is 6.59. The summed E-state index contributed by atoms with van der Waals surface area (Å²) in [6.07, 6.45) is 1.96. The van der Waals surface area contributed by atoms with Gasteiger partial charge in [-0.3, -0.25) is 9.59 Å². The van der Waals surface area contributed by atoms with Gasteiger partial charge in [-0.25, -0.2) is 4.79 Å². The number of carbonyl (C=O) groups is 3. The van der Waals surface area contributed by atoms with Crippen LogP contribution in [0.4, 0.5) is 4.79 Å². The number of benzene rings is 2. The molecule has 4 rings (SSSR count). The highest BCUT2D eigenvalue weighted by Crippen LogP contribution is 2.44. The zero-order valence-corrected chi connectivity index (χ0v) is 19.7. The van der Waals surface area contributed by atoms with Crippen molar-refractivity contribution in [3.05, 3.63) is 59.7 Å². The van der Waals surface area contributed by atoms with E-state index in [0.29, 0.717) is 12.3 Å². The van der Waals surface area contributed by atoms with Crippen LogP contribution in [0.25, 0.3) is 11.1 Å². The lowest BCUT2D eigenvalue weighted by Crippen LogP contribution is -2.49. The van der Waals surface area contributed by atoms with E-state index in [0.717, 1.165) is 35.1 Å². The number of carboxylic acids is 1. The van der Waals surface area contributed by atoms with Crippen LogP contribution in [0.3, 0.4) is 0 Å². The first-order valence-electron chi connectivity index (χ1n) is 11.8. The molecular formula is C27H32N2O5. The summed E-state index contributed by atoms with van der Waals surface area (Å²) in [4.78, 5) is 36.6. The lowest BCUT2D eigenvalue weighted by molar-refractivity contribution is -0.139. The molecule has 180 valence electrons. The summed E-state index contributed by atoms with van der Waals surface area (Å²) < 4.78 is 5.61. The molecule has 1 atom stereocenters. The van der Waals surface area contributed by atoms with Crippen LogP contribution in [0.15, 0.2) is 48.5 Å². The van der Waals surface area contributed by atoms with Gasteiger partial charge in [-0.05, 0) is 40.0 Å². The van der Waals surface area contributed by atoms with Crippen molar-refractivity contribution in [1.29, 1.82) is 0 Å². The summed E-state index contributed by atoms with van der Waals surface area (Å²) in [5.41, 5.74) is 3.98. The summed E-state index contributed by atoms with van der Waals surface area (Å²) in [6, 6.07) is 15.6. The average molecular weight is 465 g/mol. The third kappa shape index (κ3) is 5.76. The fourth-order valence-electron chi connectivity index (χ4n) is 4.62. The molecule has 2 aromatic rings. The number of nitrogens with one attached hydrogen (secondary N) is 2. The van der Waals surface area contributed by atoms with Gasteiger partial charge in [-0.2, -0.15) is 0 Å². The molecule has 34 heavy (non-hydrogen) atoms. The molecule has 1 saturated carbocycles. The molecule has 0 radical (unpaired) electrons. The maximum Gasteiger partial charge on any atom is 0.407 e. The lowest BCUT2D eigenvalue weighted by Gasteiger charge is -2.25. The molecule has 7 nitrogen and oxygen atoms in total. The van der Waals surface area contributed by atoms with Gasteiger partial charge in [0, 0.05) is 12.5 Å². The van der Waals surface area contributed by atoms with Crippen LogP contribution in [0, 0.1) is 11.3 Å². The quantitative estimate of drug-likeness (QED) is 0.486. The number of rotatable bonds is 10. The summed E-state index contributed by atoms with van der Waals surface area (Å²) in [6.45, 7) is 3.97. The molecule has 2 aromatic carbocycles.